The number of rotatable bonds is 6. The van der Waals surface area contributed by atoms with Crippen molar-refractivity contribution in [1.82, 2.24) is 4.57 Å². The minimum Gasteiger partial charge on any atom is -0.308 e. The van der Waals surface area contributed by atoms with E-state index in [1.807, 2.05) is 0 Å². The molecule has 0 radical (unpaired) electrons. The summed E-state index contributed by atoms with van der Waals surface area (Å²) in [5, 5.41) is 2.47. The molecule has 1 aromatic heterocycles. The lowest BCUT2D eigenvalue weighted by atomic mass is 9.77. The van der Waals surface area contributed by atoms with Crippen molar-refractivity contribution in [3.8, 4) is 61.3 Å². The van der Waals surface area contributed by atoms with E-state index < -0.39 is 0 Å². The van der Waals surface area contributed by atoms with Crippen LogP contribution in [-0.4, -0.2) is 4.57 Å². The van der Waals surface area contributed by atoms with Gasteiger partial charge >= 0.3 is 0 Å². The fraction of sp³-hybridized carbons (Fsp3) is 0. The number of nitrogens with zero attached hydrogens (tertiary/aromatic N) is 1. The van der Waals surface area contributed by atoms with Crippen LogP contribution < -0.4 is 0 Å². The Hall–Kier alpha value is -5.96. The molecule has 2 heteroatoms. The van der Waals surface area contributed by atoms with Gasteiger partial charge < -0.3 is 4.57 Å². The molecule has 236 valence electrons. The zero-order valence-electron chi connectivity index (χ0n) is 27.3. The van der Waals surface area contributed by atoms with Gasteiger partial charge in [-0.05, 0) is 57.6 Å². The first-order chi connectivity index (χ1) is 24.8. The molecule has 0 aliphatic rings. The molecular formula is C48H32BrN. The summed E-state index contributed by atoms with van der Waals surface area (Å²) < 4.78 is 3.58. The highest BCUT2D eigenvalue weighted by molar-refractivity contribution is 9.10. The van der Waals surface area contributed by atoms with Crippen LogP contribution in [0, 0.1) is 0 Å². The molecule has 1 nitrogen and oxygen atoms in total. The van der Waals surface area contributed by atoms with Gasteiger partial charge in [0.1, 0.15) is 0 Å². The van der Waals surface area contributed by atoms with Gasteiger partial charge in [-0.1, -0.05) is 186 Å². The maximum Gasteiger partial charge on any atom is 0.0631 e. The molecule has 0 saturated heterocycles. The van der Waals surface area contributed by atoms with Gasteiger partial charge in [0.05, 0.1) is 16.7 Å². The van der Waals surface area contributed by atoms with Crippen molar-refractivity contribution >= 4 is 37.7 Å². The number of aromatic nitrogens is 1. The van der Waals surface area contributed by atoms with Crippen molar-refractivity contribution in [1.29, 1.82) is 0 Å². The average Bonchev–Trinajstić information content (AvgIpc) is 3.52. The lowest BCUT2D eigenvalue weighted by Gasteiger charge is -2.29. The Morgan fingerprint density at radius 2 is 0.580 bits per heavy atom. The SMILES string of the molecule is Brc1ccc(-c2c(-c3ccccc3)c(-c3ccccc3)c(-c3ccccc3)c(-c3ccccc3)c2-n2c3ccccc3c3ccccc32)cc1. The number of fused-ring (bicyclic) bond motifs is 3. The fourth-order valence-electron chi connectivity index (χ4n) is 7.59. The van der Waals surface area contributed by atoms with Crippen LogP contribution in [0.5, 0.6) is 0 Å². The number of hydrogen-bond donors (Lipinski definition) is 0. The Kier molecular flexibility index (Phi) is 7.72. The Morgan fingerprint density at radius 3 is 0.980 bits per heavy atom. The normalized spacial score (nSPS) is 11.3. The summed E-state index contributed by atoms with van der Waals surface area (Å²) in [5.41, 5.74) is 15.4. The molecule has 50 heavy (non-hydrogen) atoms. The Morgan fingerprint density at radius 1 is 0.280 bits per heavy atom. The predicted octanol–water partition coefficient (Wildman–Crippen LogP) is 13.9. The third-order valence-electron chi connectivity index (χ3n) is 9.66. The van der Waals surface area contributed by atoms with Crippen molar-refractivity contribution in [2.75, 3.05) is 0 Å². The molecule has 0 bridgehead atoms. The van der Waals surface area contributed by atoms with E-state index in [0.29, 0.717) is 0 Å². The van der Waals surface area contributed by atoms with Gasteiger partial charge in [-0.15, -0.1) is 0 Å². The summed E-state index contributed by atoms with van der Waals surface area (Å²) in [7, 11) is 0. The van der Waals surface area contributed by atoms with Gasteiger partial charge in [0.25, 0.3) is 0 Å². The van der Waals surface area contributed by atoms with Gasteiger partial charge in [0, 0.05) is 37.5 Å². The first-order valence-electron chi connectivity index (χ1n) is 17.0. The third kappa shape index (κ3) is 5.08. The maximum atomic E-state index is 3.74. The van der Waals surface area contributed by atoms with E-state index in [2.05, 4.69) is 215 Å². The number of para-hydroxylation sites is 2. The summed E-state index contributed by atoms with van der Waals surface area (Å²) in [6, 6.07) is 70.3. The standard InChI is InChI=1S/C48H32BrN/c49-38-31-29-37(30-32-38)47-45(35-21-9-3-10-22-35)43(33-17-5-1-6-18-33)44(34-19-7-2-8-20-34)46(36-23-11-4-12-24-36)48(47)50-41-27-15-13-25-39(41)40-26-14-16-28-42(40)50/h1-32H. The lowest BCUT2D eigenvalue weighted by molar-refractivity contribution is 1.18. The highest BCUT2D eigenvalue weighted by Gasteiger charge is 2.30. The molecule has 0 atom stereocenters. The second-order valence-electron chi connectivity index (χ2n) is 12.6. The molecule has 0 aliphatic heterocycles. The zero-order chi connectivity index (χ0) is 33.4. The lowest BCUT2D eigenvalue weighted by Crippen LogP contribution is -2.07. The van der Waals surface area contributed by atoms with Gasteiger partial charge in [-0.25, -0.2) is 0 Å². The van der Waals surface area contributed by atoms with Crippen molar-refractivity contribution in [2.45, 2.75) is 0 Å². The monoisotopic (exact) mass is 701 g/mol. The highest BCUT2D eigenvalue weighted by Crippen LogP contribution is 2.55. The van der Waals surface area contributed by atoms with Crippen LogP contribution in [0.3, 0.4) is 0 Å². The van der Waals surface area contributed by atoms with Gasteiger partial charge in [0.2, 0.25) is 0 Å². The van der Waals surface area contributed by atoms with E-state index in [9.17, 15) is 0 Å². The molecule has 9 rings (SSSR count). The predicted molar refractivity (Wildman–Crippen MR) is 216 cm³/mol. The van der Waals surface area contributed by atoms with E-state index in [-0.39, 0.29) is 0 Å². The molecule has 0 N–H and O–H groups in total. The molecular weight excluding hydrogens is 670 g/mol. The summed E-state index contributed by atoms with van der Waals surface area (Å²) in [5.74, 6) is 0. The Balaban J connectivity index is 1.64. The maximum absolute atomic E-state index is 3.74. The molecule has 9 aromatic rings. The quantitative estimate of drug-likeness (QED) is 0.163. The average molecular weight is 703 g/mol. The molecule has 0 unspecified atom stereocenters. The Labute approximate surface area is 300 Å². The summed E-state index contributed by atoms with van der Waals surface area (Å²) >= 11 is 3.74. The minimum absolute atomic E-state index is 1.05. The van der Waals surface area contributed by atoms with Crippen LogP contribution >= 0.6 is 15.9 Å². The first-order valence-corrected chi connectivity index (χ1v) is 17.8. The molecule has 1 heterocycles. The van der Waals surface area contributed by atoms with Crippen LogP contribution in [0.15, 0.2) is 199 Å². The topological polar surface area (TPSA) is 4.93 Å². The second kappa shape index (κ2) is 12.8. The Bertz CT molecular complexity index is 2550. The highest BCUT2D eigenvalue weighted by atomic mass is 79.9. The van der Waals surface area contributed by atoms with Crippen LogP contribution in [0.2, 0.25) is 0 Å². The first kappa shape index (κ1) is 30.1. The van der Waals surface area contributed by atoms with E-state index >= 15 is 0 Å². The number of benzene rings is 8. The van der Waals surface area contributed by atoms with Crippen molar-refractivity contribution in [2.24, 2.45) is 0 Å². The van der Waals surface area contributed by atoms with Gasteiger partial charge in [0.15, 0.2) is 0 Å². The van der Waals surface area contributed by atoms with Gasteiger partial charge in [-0.3, -0.25) is 0 Å². The molecule has 0 aliphatic carbocycles. The summed E-state index contributed by atoms with van der Waals surface area (Å²) in [4.78, 5) is 0. The molecule has 0 amide bonds. The van der Waals surface area contributed by atoms with Crippen LogP contribution in [0.4, 0.5) is 0 Å². The van der Waals surface area contributed by atoms with Crippen LogP contribution in [0.25, 0.3) is 83.1 Å². The van der Waals surface area contributed by atoms with E-state index in [1.165, 1.54) is 71.9 Å². The minimum atomic E-state index is 1.05. The van der Waals surface area contributed by atoms with Crippen molar-refractivity contribution < 1.29 is 0 Å². The van der Waals surface area contributed by atoms with Crippen LogP contribution in [-0.2, 0) is 0 Å². The van der Waals surface area contributed by atoms with E-state index in [0.717, 1.165) is 15.7 Å². The molecule has 8 aromatic carbocycles. The van der Waals surface area contributed by atoms with E-state index in [4.69, 9.17) is 0 Å². The van der Waals surface area contributed by atoms with Crippen molar-refractivity contribution in [3.63, 3.8) is 0 Å². The largest absolute Gasteiger partial charge is 0.308 e. The third-order valence-corrected chi connectivity index (χ3v) is 10.2. The smallest absolute Gasteiger partial charge is 0.0631 e. The molecule has 0 fully saturated rings. The summed E-state index contributed by atoms with van der Waals surface area (Å²) in [6.45, 7) is 0. The molecule has 0 saturated carbocycles. The van der Waals surface area contributed by atoms with E-state index in [1.54, 1.807) is 0 Å². The fourth-order valence-corrected chi connectivity index (χ4v) is 7.85. The zero-order valence-corrected chi connectivity index (χ0v) is 28.9. The number of hydrogen-bond acceptors (Lipinski definition) is 0. The van der Waals surface area contributed by atoms with Gasteiger partial charge in [-0.2, -0.15) is 0 Å². The summed E-state index contributed by atoms with van der Waals surface area (Å²) in [6.07, 6.45) is 0. The number of halogens is 1. The second-order valence-corrected chi connectivity index (χ2v) is 13.5. The van der Waals surface area contributed by atoms with Crippen molar-refractivity contribution in [3.05, 3.63) is 199 Å². The van der Waals surface area contributed by atoms with Crippen LogP contribution in [0.1, 0.15) is 0 Å². The molecule has 0 spiro atoms.